The Morgan fingerprint density at radius 1 is 0.929 bits per heavy atom. The van der Waals surface area contributed by atoms with E-state index in [0.29, 0.717) is 25.6 Å². The SMILES string of the molecule is I.OC(CNC(=NCc1ccccc1)NCCc1ccco1)c1ccccc1. The van der Waals surface area contributed by atoms with Gasteiger partial charge in [0.15, 0.2) is 5.96 Å². The molecule has 0 aliphatic rings. The summed E-state index contributed by atoms with van der Waals surface area (Å²) in [6.07, 6.45) is 1.84. The van der Waals surface area contributed by atoms with E-state index in [4.69, 9.17) is 4.42 Å². The Labute approximate surface area is 182 Å². The minimum Gasteiger partial charge on any atom is -0.469 e. The molecule has 0 spiro atoms. The Hall–Kier alpha value is -2.32. The van der Waals surface area contributed by atoms with Gasteiger partial charge in [-0.25, -0.2) is 4.99 Å². The number of aliphatic imine (C=N–C) groups is 1. The molecule has 1 unspecified atom stereocenters. The van der Waals surface area contributed by atoms with Crippen LogP contribution in [0.4, 0.5) is 0 Å². The van der Waals surface area contributed by atoms with E-state index in [1.165, 1.54) is 0 Å². The van der Waals surface area contributed by atoms with Gasteiger partial charge in [-0.1, -0.05) is 60.7 Å². The maximum Gasteiger partial charge on any atom is 0.191 e. The first kappa shape index (κ1) is 22.0. The number of rotatable bonds is 8. The van der Waals surface area contributed by atoms with E-state index in [1.54, 1.807) is 6.26 Å². The molecule has 1 aromatic heterocycles. The number of benzene rings is 2. The summed E-state index contributed by atoms with van der Waals surface area (Å²) in [5.74, 6) is 1.59. The first-order valence-corrected chi connectivity index (χ1v) is 9.13. The van der Waals surface area contributed by atoms with Crippen molar-refractivity contribution in [2.75, 3.05) is 13.1 Å². The maximum atomic E-state index is 10.4. The highest BCUT2D eigenvalue weighted by Gasteiger charge is 2.08. The molecule has 0 radical (unpaired) electrons. The molecular weight excluding hydrogens is 465 g/mol. The van der Waals surface area contributed by atoms with E-state index in [0.717, 1.165) is 23.3 Å². The molecular formula is C22H26IN3O2. The van der Waals surface area contributed by atoms with Crippen molar-refractivity contribution in [1.29, 1.82) is 0 Å². The average molecular weight is 491 g/mol. The second kappa shape index (κ2) is 12.2. The van der Waals surface area contributed by atoms with Crippen molar-refractivity contribution in [3.63, 3.8) is 0 Å². The molecule has 5 nitrogen and oxygen atoms in total. The number of furan rings is 1. The third-order valence-electron chi connectivity index (χ3n) is 4.15. The van der Waals surface area contributed by atoms with Gasteiger partial charge in [0.2, 0.25) is 0 Å². The molecule has 0 fully saturated rings. The van der Waals surface area contributed by atoms with Crippen LogP contribution in [0.1, 0.15) is 23.0 Å². The van der Waals surface area contributed by atoms with Crippen LogP contribution in [0.25, 0.3) is 0 Å². The fraction of sp³-hybridized carbons (Fsp3) is 0.227. The number of hydrogen-bond acceptors (Lipinski definition) is 3. The van der Waals surface area contributed by atoms with Gasteiger partial charge in [-0.15, -0.1) is 24.0 Å². The number of hydrogen-bond donors (Lipinski definition) is 3. The van der Waals surface area contributed by atoms with Crippen molar-refractivity contribution in [1.82, 2.24) is 10.6 Å². The minimum absolute atomic E-state index is 0. The molecule has 0 bridgehead atoms. The van der Waals surface area contributed by atoms with Crippen molar-refractivity contribution in [2.24, 2.45) is 4.99 Å². The molecule has 3 aromatic rings. The fourth-order valence-electron chi connectivity index (χ4n) is 2.67. The highest BCUT2D eigenvalue weighted by molar-refractivity contribution is 14.0. The first-order valence-electron chi connectivity index (χ1n) is 9.13. The van der Waals surface area contributed by atoms with Crippen LogP contribution in [0, 0.1) is 0 Å². The first-order chi connectivity index (χ1) is 13.3. The molecule has 0 aliphatic carbocycles. The lowest BCUT2D eigenvalue weighted by atomic mass is 10.1. The van der Waals surface area contributed by atoms with E-state index in [1.807, 2.05) is 72.8 Å². The third kappa shape index (κ3) is 7.36. The standard InChI is InChI=1S/C22H25N3O2.HI/c26-21(19-10-5-2-6-11-19)17-25-22(23-14-13-20-12-7-15-27-20)24-16-18-8-3-1-4-9-18;/h1-12,15,21,26H,13-14,16-17H2,(H2,23,24,25);1H. The zero-order valence-electron chi connectivity index (χ0n) is 15.6. The van der Waals surface area contributed by atoms with Crippen LogP contribution in [0.2, 0.25) is 0 Å². The van der Waals surface area contributed by atoms with Gasteiger partial charge in [-0.05, 0) is 23.3 Å². The van der Waals surface area contributed by atoms with E-state index in [-0.39, 0.29) is 24.0 Å². The monoisotopic (exact) mass is 491 g/mol. The van der Waals surface area contributed by atoms with Crippen LogP contribution in [0.5, 0.6) is 0 Å². The Bertz CT molecular complexity index is 808. The van der Waals surface area contributed by atoms with Crippen molar-refractivity contribution in [3.8, 4) is 0 Å². The van der Waals surface area contributed by atoms with Crippen LogP contribution in [0.15, 0.2) is 88.5 Å². The van der Waals surface area contributed by atoms with Gasteiger partial charge in [0.1, 0.15) is 5.76 Å². The van der Waals surface area contributed by atoms with E-state index < -0.39 is 6.10 Å². The van der Waals surface area contributed by atoms with Gasteiger partial charge < -0.3 is 20.2 Å². The van der Waals surface area contributed by atoms with Gasteiger partial charge in [0, 0.05) is 19.5 Å². The largest absolute Gasteiger partial charge is 0.469 e. The van der Waals surface area contributed by atoms with Crippen LogP contribution in [-0.2, 0) is 13.0 Å². The Kier molecular flexibility index (Phi) is 9.57. The molecule has 0 saturated heterocycles. The molecule has 3 N–H and O–H groups in total. The van der Waals surface area contributed by atoms with E-state index in [2.05, 4.69) is 15.6 Å². The minimum atomic E-state index is -0.597. The summed E-state index contributed by atoms with van der Waals surface area (Å²) in [7, 11) is 0. The summed E-state index contributed by atoms with van der Waals surface area (Å²) in [6.45, 7) is 1.64. The molecule has 0 aliphatic heterocycles. The number of aliphatic hydroxyl groups is 1. The van der Waals surface area contributed by atoms with E-state index in [9.17, 15) is 5.11 Å². The van der Waals surface area contributed by atoms with Crippen molar-refractivity contribution in [2.45, 2.75) is 19.1 Å². The summed E-state index contributed by atoms with van der Waals surface area (Å²) in [6, 6.07) is 23.5. The van der Waals surface area contributed by atoms with Crippen LogP contribution in [0.3, 0.4) is 0 Å². The van der Waals surface area contributed by atoms with E-state index >= 15 is 0 Å². The van der Waals surface area contributed by atoms with Gasteiger partial charge in [-0.2, -0.15) is 0 Å². The van der Waals surface area contributed by atoms with Crippen LogP contribution < -0.4 is 10.6 Å². The second-order valence-corrected chi connectivity index (χ2v) is 6.21. The Morgan fingerprint density at radius 3 is 2.32 bits per heavy atom. The predicted molar refractivity (Wildman–Crippen MR) is 123 cm³/mol. The highest BCUT2D eigenvalue weighted by Crippen LogP contribution is 2.10. The van der Waals surface area contributed by atoms with Crippen LogP contribution in [-0.4, -0.2) is 24.2 Å². The Morgan fingerprint density at radius 2 is 1.64 bits per heavy atom. The van der Waals surface area contributed by atoms with Gasteiger partial charge >= 0.3 is 0 Å². The van der Waals surface area contributed by atoms with Crippen molar-refractivity contribution >= 4 is 29.9 Å². The molecule has 3 rings (SSSR count). The number of aliphatic hydroxyl groups excluding tert-OH is 1. The molecule has 1 atom stereocenters. The molecule has 28 heavy (non-hydrogen) atoms. The number of nitrogens with one attached hydrogen (secondary N) is 2. The molecule has 148 valence electrons. The van der Waals surface area contributed by atoms with Crippen molar-refractivity contribution in [3.05, 3.63) is 95.9 Å². The second-order valence-electron chi connectivity index (χ2n) is 6.21. The normalized spacial score (nSPS) is 12.1. The lowest BCUT2D eigenvalue weighted by Crippen LogP contribution is -2.40. The summed E-state index contributed by atoms with van der Waals surface area (Å²) in [5, 5.41) is 16.9. The topological polar surface area (TPSA) is 69.8 Å². The quantitative estimate of drug-likeness (QED) is 0.254. The fourth-order valence-corrected chi connectivity index (χ4v) is 2.67. The van der Waals surface area contributed by atoms with Crippen LogP contribution >= 0.6 is 24.0 Å². The number of nitrogens with zero attached hydrogens (tertiary/aromatic N) is 1. The number of halogens is 1. The summed E-state index contributed by atoms with van der Waals surface area (Å²) in [4.78, 5) is 4.63. The molecule has 6 heteroatoms. The molecule has 0 saturated carbocycles. The lowest BCUT2D eigenvalue weighted by molar-refractivity contribution is 0.181. The highest BCUT2D eigenvalue weighted by atomic mass is 127. The van der Waals surface area contributed by atoms with Gasteiger partial charge in [-0.3, -0.25) is 0 Å². The predicted octanol–water partition coefficient (Wildman–Crippen LogP) is 3.91. The molecule has 0 amide bonds. The third-order valence-corrected chi connectivity index (χ3v) is 4.15. The maximum absolute atomic E-state index is 10.4. The summed E-state index contributed by atoms with van der Waals surface area (Å²) < 4.78 is 5.36. The average Bonchev–Trinajstić information content (AvgIpc) is 3.24. The summed E-state index contributed by atoms with van der Waals surface area (Å²) in [5.41, 5.74) is 2.01. The summed E-state index contributed by atoms with van der Waals surface area (Å²) >= 11 is 0. The van der Waals surface area contributed by atoms with Gasteiger partial charge in [0.25, 0.3) is 0 Å². The zero-order chi connectivity index (χ0) is 18.7. The molecule has 1 heterocycles. The Balaban J connectivity index is 0.00000280. The number of guanidine groups is 1. The lowest BCUT2D eigenvalue weighted by Gasteiger charge is -2.16. The van der Waals surface area contributed by atoms with Crippen molar-refractivity contribution < 1.29 is 9.52 Å². The zero-order valence-corrected chi connectivity index (χ0v) is 18.0. The smallest absolute Gasteiger partial charge is 0.191 e. The van der Waals surface area contributed by atoms with Gasteiger partial charge in [0.05, 0.1) is 18.9 Å². The molecule has 2 aromatic carbocycles.